The van der Waals surface area contributed by atoms with Gasteiger partial charge in [-0.3, -0.25) is 4.79 Å². The lowest BCUT2D eigenvalue weighted by Gasteiger charge is -2.31. The van der Waals surface area contributed by atoms with Gasteiger partial charge in [-0.25, -0.2) is 0 Å². The number of nitrogens with one attached hydrogen (secondary N) is 1. The topological polar surface area (TPSA) is 42.2 Å². The van der Waals surface area contributed by atoms with Gasteiger partial charge in [-0.1, -0.05) is 37.3 Å². The first kappa shape index (κ1) is 12.0. The number of benzene rings is 1. The highest BCUT2D eigenvalue weighted by molar-refractivity contribution is 5.81. The zero-order valence-corrected chi connectivity index (χ0v) is 10.9. The van der Waals surface area contributed by atoms with Crippen LogP contribution in [0.5, 0.6) is 0 Å². The molecule has 1 saturated heterocycles. The van der Waals surface area contributed by atoms with Crippen molar-refractivity contribution >= 4 is 5.91 Å². The maximum absolute atomic E-state index is 11.9. The molecule has 98 valence electrons. The lowest BCUT2D eigenvalue weighted by molar-refractivity contribution is -0.119. The molecule has 3 heteroatoms. The molecule has 1 aromatic heterocycles. The fraction of sp³-hybridized carbons (Fsp3) is 0.312. The highest BCUT2D eigenvalue weighted by Gasteiger charge is 2.49. The first-order valence-corrected chi connectivity index (χ1v) is 6.64. The van der Waals surface area contributed by atoms with E-state index < -0.39 is 0 Å². The van der Waals surface area contributed by atoms with Crippen molar-refractivity contribution in [2.75, 3.05) is 0 Å². The van der Waals surface area contributed by atoms with Crippen LogP contribution in [0.3, 0.4) is 0 Å². The Morgan fingerprint density at radius 1 is 1.26 bits per heavy atom. The normalized spacial score (nSPS) is 26.4. The highest BCUT2D eigenvalue weighted by atomic mass is 16.3. The Labute approximate surface area is 112 Å². The van der Waals surface area contributed by atoms with E-state index in [2.05, 4.69) is 24.4 Å². The van der Waals surface area contributed by atoms with Crippen molar-refractivity contribution in [3.05, 3.63) is 60.1 Å². The lowest BCUT2D eigenvalue weighted by Crippen LogP contribution is -2.32. The molecule has 1 N–H and O–H groups in total. The third-order valence-corrected chi connectivity index (χ3v) is 4.11. The van der Waals surface area contributed by atoms with E-state index in [0.717, 1.165) is 17.7 Å². The van der Waals surface area contributed by atoms with E-state index in [0.29, 0.717) is 6.42 Å². The van der Waals surface area contributed by atoms with Crippen molar-refractivity contribution in [3.63, 3.8) is 0 Å². The molecule has 3 nitrogen and oxygen atoms in total. The molecule has 1 fully saturated rings. The van der Waals surface area contributed by atoms with Gasteiger partial charge in [0, 0.05) is 6.42 Å². The minimum atomic E-state index is -0.276. The zero-order chi connectivity index (χ0) is 13.3. The van der Waals surface area contributed by atoms with E-state index >= 15 is 0 Å². The quantitative estimate of drug-likeness (QED) is 0.915. The van der Waals surface area contributed by atoms with Crippen LogP contribution in [0.2, 0.25) is 0 Å². The van der Waals surface area contributed by atoms with Gasteiger partial charge >= 0.3 is 0 Å². The number of furan rings is 1. The smallest absolute Gasteiger partial charge is 0.221 e. The number of hydrogen-bond acceptors (Lipinski definition) is 2. The SMILES string of the molecule is CCC1(c2ccco2)CC(=O)NC1c1ccccc1. The predicted octanol–water partition coefficient (Wildman–Crippen LogP) is 3.19. The first-order chi connectivity index (χ1) is 9.26. The molecule has 0 radical (unpaired) electrons. The second-order valence-electron chi connectivity index (χ2n) is 5.07. The Balaban J connectivity index is 2.09. The Morgan fingerprint density at radius 2 is 2.05 bits per heavy atom. The Bertz CT molecular complexity index is 562. The zero-order valence-electron chi connectivity index (χ0n) is 10.9. The van der Waals surface area contributed by atoms with Gasteiger partial charge in [0.05, 0.1) is 17.7 Å². The van der Waals surface area contributed by atoms with Crippen molar-refractivity contribution in [1.29, 1.82) is 0 Å². The Hall–Kier alpha value is -2.03. The van der Waals surface area contributed by atoms with E-state index in [4.69, 9.17) is 4.42 Å². The van der Waals surface area contributed by atoms with Crippen LogP contribution in [0.15, 0.2) is 53.1 Å². The third-order valence-electron chi connectivity index (χ3n) is 4.11. The molecule has 3 rings (SSSR count). The van der Waals surface area contributed by atoms with E-state index in [1.165, 1.54) is 0 Å². The minimum absolute atomic E-state index is 0.0163. The summed E-state index contributed by atoms with van der Waals surface area (Å²) in [5.41, 5.74) is 0.855. The summed E-state index contributed by atoms with van der Waals surface area (Å²) in [4.78, 5) is 11.9. The summed E-state index contributed by atoms with van der Waals surface area (Å²) in [7, 11) is 0. The van der Waals surface area contributed by atoms with Gasteiger partial charge in [-0.15, -0.1) is 0 Å². The maximum Gasteiger partial charge on any atom is 0.221 e. The summed E-state index contributed by atoms with van der Waals surface area (Å²) in [6.07, 6.45) is 3.02. The minimum Gasteiger partial charge on any atom is -0.469 e. The van der Waals surface area contributed by atoms with Crippen LogP contribution in [0.4, 0.5) is 0 Å². The molecule has 2 unspecified atom stereocenters. The number of carbonyl (C=O) groups is 1. The summed E-state index contributed by atoms with van der Waals surface area (Å²) in [6, 6.07) is 14.0. The maximum atomic E-state index is 11.9. The van der Waals surface area contributed by atoms with Crippen LogP contribution in [0.1, 0.15) is 37.1 Å². The summed E-state index contributed by atoms with van der Waals surface area (Å²) in [5.74, 6) is 0.981. The molecule has 2 aromatic rings. The molecule has 19 heavy (non-hydrogen) atoms. The van der Waals surface area contributed by atoms with Crippen LogP contribution in [-0.4, -0.2) is 5.91 Å². The Kier molecular flexibility index (Phi) is 2.90. The summed E-state index contributed by atoms with van der Waals surface area (Å²) in [5, 5.41) is 3.10. The molecule has 1 amide bonds. The van der Waals surface area contributed by atoms with Gasteiger partial charge in [0.2, 0.25) is 5.91 Å². The van der Waals surface area contributed by atoms with E-state index in [-0.39, 0.29) is 17.4 Å². The molecule has 1 aliphatic rings. The van der Waals surface area contributed by atoms with Gasteiger partial charge < -0.3 is 9.73 Å². The molecule has 0 saturated carbocycles. The number of hydrogen-bond donors (Lipinski definition) is 1. The second kappa shape index (κ2) is 4.57. The average molecular weight is 255 g/mol. The van der Waals surface area contributed by atoms with Crippen LogP contribution < -0.4 is 5.32 Å². The molecule has 0 spiro atoms. The molecular weight excluding hydrogens is 238 g/mol. The van der Waals surface area contributed by atoms with Crippen molar-refractivity contribution in [2.45, 2.75) is 31.2 Å². The summed E-state index contributed by atoms with van der Waals surface area (Å²) >= 11 is 0. The Morgan fingerprint density at radius 3 is 2.68 bits per heavy atom. The molecule has 1 aliphatic heterocycles. The summed E-state index contributed by atoms with van der Waals surface area (Å²) < 4.78 is 5.62. The van der Waals surface area contributed by atoms with Gasteiger partial charge in [0.1, 0.15) is 5.76 Å². The van der Waals surface area contributed by atoms with E-state index in [1.807, 2.05) is 30.3 Å². The fourth-order valence-electron chi connectivity index (χ4n) is 3.08. The number of rotatable bonds is 3. The second-order valence-corrected chi connectivity index (χ2v) is 5.07. The van der Waals surface area contributed by atoms with Gasteiger partial charge in [0.25, 0.3) is 0 Å². The average Bonchev–Trinajstić information content (AvgIpc) is 3.07. The van der Waals surface area contributed by atoms with Crippen molar-refractivity contribution in [2.24, 2.45) is 0 Å². The largest absolute Gasteiger partial charge is 0.469 e. The number of amides is 1. The third kappa shape index (κ3) is 1.86. The molecule has 2 heterocycles. The highest BCUT2D eigenvalue weighted by Crippen LogP contribution is 2.47. The molecular formula is C16H17NO2. The van der Waals surface area contributed by atoms with Gasteiger partial charge in [0.15, 0.2) is 0 Å². The molecule has 2 atom stereocenters. The van der Waals surface area contributed by atoms with Gasteiger partial charge in [-0.2, -0.15) is 0 Å². The van der Waals surface area contributed by atoms with Crippen LogP contribution in [-0.2, 0) is 10.2 Å². The van der Waals surface area contributed by atoms with E-state index in [9.17, 15) is 4.79 Å². The molecule has 0 bridgehead atoms. The first-order valence-electron chi connectivity index (χ1n) is 6.64. The van der Waals surface area contributed by atoms with Crippen LogP contribution in [0.25, 0.3) is 0 Å². The monoisotopic (exact) mass is 255 g/mol. The summed E-state index contributed by atoms with van der Waals surface area (Å²) in [6.45, 7) is 2.11. The van der Waals surface area contributed by atoms with Crippen molar-refractivity contribution in [3.8, 4) is 0 Å². The van der Waals surface area contributed by atoms with Crippen LogP contribution >= 0.6 is 0 Å². The fourth-order valence-corrected chi connectivity index (χ4v) is 3.08. The standard InChI is InChI=1S/C16H17NO2/c1-2-16(13-9-6-10-19-13)11-14(18)17-15(16)12-7-4-3-5-8-12/h3-10,15H,2,11H2,1H3,(H,17,18). The molecule has 1 aromatic carbocycles. The van der Waals surface area contributed by atoms with Crippen molar-refractivity contribution < 1.29 is 9.21 Å². The lowest BCUT2D eigenvalue weighted by atomic mass is 9.73. The van der Waals surface area contributed by atoms with Crippen LogP contribution in [0, 0.1) is 0 Å². The van der Waals surface area contributed by atoms with Gasteiger partial charge in [-0.05, 0) is 24.1 Å². The van der Waals surface area contributed by atoms with Crippen molar-refractivity contribution in [1.82, 2.24) is 5.32 Å². The number of carbonyl (C=O) groups excluding carboxylic acids is 1. The predicted molar refractivity (Wildman–Crippen MR) is 72.6 cm³/mol. The molecule has 0 aliphatic carbocycles. The van der Waals surface area contributed by atoms with E-state index in [1.54, 1.807) is 6.26 Å².